The number of aryl methyl sites for hydroxylation is 1. The van der Waals surface area contributed by atoms with E-state index in [-0.39, 0.29) is 4.90 Å². The molecule has 2 N–H and O–H groups in total. The van der Waals surface area contributed by atoms with E-state index >= 15 is 0 Å². The summed E-state index contributed by atoms with van der Waals surface area (Å²) in [5.74, 6) is 0.853. The van der Waals surface area contributed by atoms with Crippen LogP contribution in [0.3, 0.4) is 0 Å². The highest BCUT2D eigenvalue weighted by Crippen LogP contribution is 2.33. The number of likely N-dealkylation sites (tertiary alicyclic amines) is 1. The van der Waals surface area contributed by atoms with E-state index in [1.807, 2.05) is 0 Å². The van der Waals surface area contributed by atoms with Gasteiger partial charge in [0.15, 0.2) is 5.96 Å². The lowest BCUT2D eigenvalue weighted by atomic mass is 9.78. The summed E-state index contributed by atoms with van der Waals surface area (Å²) >= 11 is 0. The van der Waals surface area contributed by atoms with Gasteiger partial charge in [0.05, 0.1) is 4.90 Å². The van der Waals surface area contributed by atoms with E-state index in [1.54, 1.807) is 37.1 Å². The van der Waals surface area contributed by atoms with Crippen LogP contribution in [0.5, 0.6) is 0 Å². The molecule has 0 saturated carbocycles. The Morgan fingerprint density at radius 3 is 2.77 bits per heavy atom. The van der Waals surface area contributed by atoms with Gasteiger partial charge in [0.1, 0.15) is 0 Å². The van der Waals surface area contributed by atoms with E-state index in [9.17, 15) is 8.42 Å². The number of sulfonamides is 1. The molecule has 148 valence electrons. The number of hydrogen-bond donors (Lipinski definition) is 2. The number of nitrogens with zero attached hydrogens (tertiary/aromatic N) is 3. The van der Waals surface area contributed by atoms with Crippen LogP contribution in [0, 0.1) is 5.41 Å². The maximum absolute atomic E-state index is 12.2. The average molecular weight is 384 g/mol. The van der Waals surface area contributed by atoms with Gasteiger partial charge in [-0.05, 0) is 30.7 Å². The first-order valence-corrected chi connectivity index (χ1v) is 10.9. The predicted octanol–water partition coefficient (Wildman–Crippen LogP) is 1.78. The molecule has 1 unspecified atom stereocenters. The number of piperidine rings is 1. The van der Waals surface area contributed by atoms with Crippen molar-refractivity contribution in [3.63, 3.8) is 0 Å². The number of rotatable bonds is 7. The van der Waals surface area contributed by atoms with E-state index in [1.165, 1.54) is 19.3 Å². The summed E-state index contributed by atoms with van der Waals surface area (Å²) in [7, 11) is 0.122. The molecule has 0 amide bonds. The quantitative estimate of drug-likeness (QED) is 0.427. The van der Waals surface area contributed by atoms with Crippen LogP contribution in [0.25, 0.3) is 0 Å². The highest BCUT2D eigenvalue weighted by Gasteiger charge is 2.31. The third-order valence-electron chi connectivity index (χ3n) is 4.96. The molecule has 1 aromatic heterocycles. The normalized spacial score (nSPS) is 21.8. The number of nitrogens with one attached hydrogen (secondary N) is 2. The second-order valence-electron chi connectivity index (χ2n) is 7.47. The van der Waals surface area contributed by atoms with Gasteiger partial charge in [-0.1, -0.05) is 20.3 Å². The van der Waals surface area contributed by atoms with Gasteiger partial charge >= 0.3 is 0 Å². The van der Waals surface area contributed by atoms with Crippen molar-refractivity contribution < 1.29 is 8.42 Å². The molecule has 2 rings (SSSR count). The summed E-state index contributed by atoms with van der Waals surface area (Å²) in [6.45, 7) is 7.39. The van der Waals surface area contributed by atoms with E-state index in [0.29, 0.717) is 18.5 Å². The van der Waals surface area contributed by atoms with Crippen LogP contribution >= 0.6 is 0 Å². The molecule has 26 heavy (non-hydrogen) atoms. The number of guanidine groups is 1. The van der Waals surface area contributed by atoms with Crippen molar-refractivity contribution in [2.24, 2.45) is 17.5 Å². The molecule has 1 aliphatic heterocycles. The smallest absolute Gasteiger partial charge is 0.242 e. The summed E-state index contributed by atoms with van der Waals surface area (Å²) in [5, 5.41) is 3.29. The zero-order chi connectivity index (χ0) is 19.2. The highest BCUT2D eigenvalue weighted by molar-refractivity contribution is 7.89. The molecular weight excluding hydrogens is 350 g/mol. The molecule has 1 aromatic rings. The van der Waals surface area contributed by atoms with Crippen LogP contribution in [-0.4, -0.2) is 57.1 Å². The fourth-order valence-electron chi connectivity index (χ4n) is 3.72. The van der Waals surface area contributed by atoms with Gasteiger partial charge in [0, 0.05) is 52.7 Å². The average Bonchev–Trinajstić information content (AvgIpc) is 3.02. The second-order valence-corrected chi connectivity index (χ2v) is 9.24. The van der Waals surface area contributed by atoms with E-state index in [2.05, 4.69) is 33.8 Å². The van der Waals surface area contributed by atoms with Crippen LogP contribution < -0.4 is 10.0 Å². The van der Waals surface area contributed by atoms with E-state index < -0.39 is 10.0 Å². The Bertz CT molecular complexity index is 709. The van der Waals surface area contributed by atoms with Crippen LogP contribution in [0.4, 0.5) is 0 Å². The second kappa shape index (κ2) is 8.90. The van der Waals surface area contributed by atoms with Crippen LogP contribution in [0.15, 0.2) is 28.3 Å². The largest absolute Gasteiger partial charge is 0.356 e. The fraction of sp³-hybridized carbons (Fsp3) is 0.722. The predicted molar refractivity (Wildman–Crippen MR) is 106 cm³/mol. The van der Waals surface area contributed by atoms with Gasteiger partial charge in [-0.25, -0.2) is 13.1 Å². The molecule has 1 aliphatic rings. The molecule has 7 nitrogen and oxygen atoms in total. The molecule has 0 radical (unpaired) electrons. The van der Waals surface area contributed by atoms with Crippen LogP contribution in [0.1, 0.15) is 39.5 Å². The van der Waals surface area contributed by atoms with Crippen molar-refractivity contribution in [2.75, 3.05) is 33.2 Å². The van der Waals surface area contributed by atoms with Crippen molar-refractivity contribution in [2.45, 2.75) is 44.4 Å². The number of aromatic nitrogens is 1. The van der Waals surface area contributed by atoms with Gasteiger partial charge in [0.2, 0.25) is 10.0 Å². The molecule has 0 spiro atoms. The van der Waals surface area contributed by atoms with Crippen molar-refractivity contribution in [1.82, 2.24) is 19.5 Å². The Morgan fingerprint density at radius 1 is 1.38 bits per heavy atom. The van der Waals surface area contributed by atoms with Crippen LogP contribution in [-0.2, 0) is 17.1 Å². The molecular formula is C18H33N5O2S. The maximum Gasteiger partial charge on any atom is 0.242 e. The van der Waals surface area contributed by atoms with Crippen molar-refractivity contribution >= 4 is 16.0 Å². The summed E-state index contributed by atoms with van der Waals surface area (Å²) in [6.07, 6.45) is 8.15. The third-order valence-corrected chi connectivity index (χ3v) is 6.41. The highest BCUT2D eigenvalue weighted by atomic mass is 32.2. The molecule has 1 atom stereocenters. The van der Waals surface area contributed by atoms with Gasteiger partial charge in [-0.15, -0.1) is 0 Å². The molecule has 1 fully saturated rings. The van der Waals surface area contributed by atoms with E-state index in [0.717, 1.165) is 25.5 Å². The maximum atomic E-state index is 12.2. The van der Waals surface area contributed by atoms with Gasteiger partial charge in [0.25, 0.3) is 0 Å². The topological polar surface area (TPSA) is 78.7 Å². The molecule has 2 heterocycles. The number of hydrogen-bond acceptors (Lipinski definition) is 3. The summed E-state index contributed by atoms with van der Waals surface area (Å²) in [6, 6.07) is 1.59. The summed E-state index contributed by atoms with van der Waals surface area (Å²) < 4.78 is 28.8. The fourth-order valence-corrected chi connectivity index (χ4v) is 4.80. The standard InChI is InChI=1S/C18H33N5O2S/c1-5-8-18(2)9-6-12-23(15-18)17(19-3)20-10-11-21-26(24,25)16-7-13-22(4)14-16/h7,13-14,21H,5-6,8-12,15H2,1-4H3,(H,19,20). The molecule has 8 heteroatoms. The Kier molecular flexibility index (Phi) is 7.11. The minimum atomic E-state index is -3.46. The number of aliphatic imine (C=N–C) groups is 1. The van der Waals surface area contributed by atoms with Gasteiger partial charge < -0.3 is 14.8 Å². The Hall–Kier alpha value is -1.54. The minimum Gasteiger partial charge on any atom is -0.356 e. The third kappa shape index (κ3) is 5.48. The van der Waals surface area contributed by atoms with Gasteiger partial charge in [-0.3, -0.25) is 4.99 Å². The van der Waals surface area contributed by atoms with Crippen molar-refractivity contribution in [1.29, 1.82) is 0 Å². The lowest BCUT2D eigenvalue weighted by Gasteiger charge is -2.42. The lowest BCUT2D eigenvalue weighted by molar-refractivity contribution is 0.143. The zero-order valence-corrected chi connectivity index (χ0v) is 17.3. The first kappa shape index (κ1) is 20.8. The van der Waals surface area contributed by atoms with Crippen molar-refractivity contribution in [3.8, 4) is 0 Å². The molecule has 0 aliphatic carbocycles. The lowest BCUT2D eigenvalue weighted by Crippen LogP contribution is -2.50. The Morgan fingerprint density at radius 2 is 2.15 bits per heavy atom. The first-order chi connectivity index (χ1) is 12.3. The molecule has 1 saturated heterocycles. The Balaban J connectivity index is 1.84. The Labute approximate surface area is 157 Å². The van der Waals surface area contributed by atoms with Crippen molar-refractivity contribution in [3.05, 3.63) is 18.5 Å². The SMILES string of the molecule is CCCC1(C)CCCN(C(=NC)NCCNS(=O)(=O)c2ccn(C)c2)C1. The monoisotopic (exact) mass is 383 g/mol. The molecule has 0 aromatic carbocycles. The minimum absolute atomic E-state index is 0.288. The van der Waals surface area contributed by atoms with E-state index in [4.69, 9.17) is 0 Å². The van der Waals surface area contributed by atoms with Crippen LogP contribution in [0.2, 0.25) is 0 Å². The summed E-state index contributed by atoms with van der Waals surface area (Å²) in [5.41, 5.74) is 0.333. The zero-order valence-electron chi connectivity index (χ0n) is 16.5. The van der Waals surface area contributed by atoms with Gasteiger partial charge in [-0.2, -0.15) is 0 Å². The first-order valence-electron chi connectivity index (χ1n) is 9.37. The molecule has 0 bridgehead atoms. The summed E-state index contributed by atoms with van der Waals surface area (Å²) in [4.78, 5) is 6.97.